The number of amides is 1. The van der Waals surface area contributed by atoms with Crippen LogP contribution in [0.3, 0.4) is 0 Å². The summed E-state index contributed by atoms with van der Waals surface area (Å²) in [6, 6.07) is 7.46. The summed E-state index contributed by atoms with van der Waals surface area (Å²) in [5.74, 6) is -0.688. The molecule has 0 aliphatic carbocycles. The Morgan fingerprint density at radius 1 is 1.47 bits per heavy atom. The molecule has 2 aromatic heterocycles. The Balaban J connectivity index is 1.61. The molecule has 5 nitrogen and oxygen atoms in total. The predicted octanol–water partition coefficient (Wildman–Crippen LogP) is 0.515. The predicted molar refractivity (Wildman–Crippen MR) is 110 cm³/mol. The number of nitrogens with two attached hydrogens (primary N) is 1. The van der Waals surface area contributed by atoms with Gasteiger partial charge in [-0.3, -0.25) is 9.48 Å². The maximum Gasteiger partial charge on any atom is 0.332 e. The molecule has 0 fully saturated rings. The van der Waals surface area contributed by atoms with Crippen LogP contribution in [0, 0.1) is 5.82 Å². The molecule has 1 aliphatic rings. The van der Waals surface area contributed by atoms with Gasteiger partial charge >= 0.3 is 26.3 Å². The highest BCUT2D eigenvalue weighted by Gasteiger charge is 2.45. The highest BCUT2D eigenvalue weighted by molar-refractivity contribution is 7.14. The van der Waals surface area contributed by atoms with E-state index in [0.717, 1.165) is 16.9 Å². The van der Waals surface area contributed by atoms with Crippen LogP contribution in [-0.4, -0.2) is 28.3 Å². The molecule has 2 atom stereocenters. The Labute approximate surface area is 194 Å². The van der Waals surface area contributed by atoms with Gasteiger partial charge in [-0.1, -0.05) is 23.7 Å². The number of aryl methyl sites for hydroxylation is 1. The van der Waals surface area contributed by atoms with Crippen molar-refractivity contribution in [2.24, 2.45) is 5.73 Å². The number of nitrogens with one attached hydrogen (secondary N) is 1. The van der Waals surface area contributed by atoms with Crippen LogP contribution in [0.15, 0.2) is 36.5 Å². The van der Waals surface area contributed by atoms with Crippen molar-refractivity contribution in [3.05, 3.63) is 62.7 Å². The lowest BCUT2D eigenvalue weighted by Gasteiger charge is -2.16. The number of carbonyl (C=O) groups is 1. The second-order valence-corrected chi connectivity index (χ2v) is 10.4. The quantitative estimate of drug-likeness (QED) is 0.351. The van der Waals surface area contributed by atoms with Gasteiger partial charge in [-0.05, 0) is 30.2 Å². The minimum absolute atomic E-state index is 0.188. The van der Waals surface area contributed by atoms with Crippen molar-refractivity contribution in [3.8, 4) is 11.3 Å². The van der Waals surface area contributed by atoms with E-state index in [2.05, 4.69) is 10.4 Å². The molecule has 0 bridgehead atoms. The summed E-state index contributed by atoms with van der Waals surface area (Å²) in [5, 5.41) is 7.53. The molecule has 0 saturated heterocycles. The Kier molecular flexibility index (Phi) is 6.16. The zero-order valence-corrected chi connectivity index (χ0v) is 19.6. The summed E-state index contributed by atoms with van der Waals surface area (Å²) in [4.78, 5) is 13.7. The number of fused-ring (bicyclic) bond motifs is 3. The van der Waals surface area contributed by atoms with Gasteiger partial charge in [-0.15, -0.1) is 11.3 Å². The normalized spacial score (nSPS) is 19.0. The lowest BCUT2D eigenvalue weighted by Crippen LogP contribution is -3.41. The molecule has 0 spiro atoms. The molecule has 0 saturated carbocycles. The van der Waals surface area contributed by atoms with Crippen LogP contribution in [-0.2, 0) is 16.6 Å². The third-order valence-corrected chi connectivity index (χ3v) is 8.10. The number of hydrogen-bond donors (Lipinski definition) is 2. The average molecular weight is 564 g/mol. The zero-order chi connectivity index (χ0) is 21.5. The summed E-state index contributed by atoms with van der Waals surface area (Å²) >= 11 is 8.84. The standard InChI is InChI=1S/C20H18ClF2IN4OS/c21-15-10-26-28-5-4-20(23,24)18-14(17(15)28)8-16(30-18)19(29)27-13(9-25)7-11-2-1-3-12(22)6-11/h1-3,6,8,10,13,24H,4-5,7,9,25H2/p+1. The molecule has 10 heteroatoms. The van der Waals surface area contributed by atoms with E-state index in [1.54, 1.807) is 22.9 Å². The fourth-order valence-electron chi connectivity index (χ4n) is 3.52. The highest BCUT2D eigenvalue weighted by atomic mass is 127. The smallest absolute Gasteiger partial charge is 0.332 e. The number of alkyl halides is 2. The number of nitrogens with zero attached hydrogens (tertiary/aromatic N) is 2. The van der Waals surface area contributed by atoms with Crippen molar-refractivity contribution in [2.75, 3.05) is 6.54 Å². The minimum atomic E-state index is -1.59. The van der Waals surface area contributed by atoms with Crippen LogP contribution in [0.5, 0.6) is 0 Å². The van der Waals surface area contributed by atoms with E-state index >= 15 is 4.39 Å². The van der Waals surface area contributed by atoms with E-state index in [-0.39, 0.29) is 30.7 Å². The SMILES string of the molecule is NCC(Cc1cccc(F)c1)NC(=O)c1cc2c(s1)C(F)([IH+])CCn1ncc(Cl)c1-2. The molecular weight excluding hydrogens is 545 g/mol. The minimum Gasteiger partial charge on any atom is -0.347 e. The van der Waals surface area contributed by atoms with Gasteiger partial charge in [0.25, 0.3) is 5.91 Å². The molecular formula is C20H19ClF2IN4OS+. The first-order chi connectivity index (χ1) is 14.3. The Bertz CT molecular complexity index is 1100. The molecule has 3 N–H and O–H groups in total. The molecule has 158 valence electrons. The fraction of sp³-hybridized carbons (Fsp3) is 0.300. The molecule has 1 amide bonds. The van der Waals surface area contributed by atoms with Crippen molar-refractivity contribution >= 4 is 28.8 Å². The molecule has 0 radical (unpaired) electrons. The first kappa shape index (κ1) is 21.7. The molecule has 30 heavy (non-hydrogen) atoms. The number of halogens is 4. The maximum absolute atomic E-state index is 15.4. The van der Waals surface area contributed by atoms with Gasteiger partial charge in [-0.25, -0.2) is 4.39 Å². The van der Waals surface area contributed by atoms with Crippen LogP contribution in [0.25, 0.3) is 11.3 Å². The van der Waals surface area contributed by atoms with Crippen LogP contribution in [0.1, 0.15) is 26.5 Å². The van der Waals surface area contributed by atoms with Crippen LogP contribution >= 0.6 is 22.9 Å². The van der Waals surface area contributed by atoms with E-state index in [9.17, 15) is 9.18 Å². The van der Waals surface area contributed by atoms with E-state index in [0.29, 0.717) is 39.0 Å². The second kappa shape index (κ2) is 8.52. The van der Waals surface area contributed by atoms with Crippen LogP contribution in [0.4, 0.5) is 8.78 Å². The first-order valence-corrected chi connectivity index (χ1v) is 11.6. The summed E-state index contributed by atoms with van der Waals surface area (Å²) in [6.07, 6.45) is 2.16. The fourth-order valence-corrected chi connectivity index (χ4v) is 5.76. The van der Waals surface area contributed by atoms with Crippen LogP contribution in [0.2, 0.25) is 5.02 Å². The molecule has 3 heterocycles. The van der Waals surface area contributed by atoms with Gasteiger partial charge < -0.3 is 11.1 Å². The van der Waals surface area contributed by atoms with Gasteiger partial charge in [0.2, 0.25) is 0 Å². The van der Waals surface area contributed by atoms with Crippen molar-refractivity contribution in [1.82, 2.24) is 15.1 Å². The summed E-state index contributed by atoms with van der Waals surface area (Å²) in [7, 11) is 0. The number of rotatable bonds is 5. The number of benzene rings is 1. The second-order valence-electron chi connectivity index (χ2n) is 7.14. The van der Waals surface area contributed by atoms with E-state index < -0.39 is 3.68 Å². The van der Waals surface area contributed by atoms with Gasteiger partial charge in [-0.2, -0.15) is 9.49 Å². The van der Waals surface area contributed by atoms with Crippen molar-refractivity contribution in [1.29, 1.82) is 0 Å². The third kappa shape index (κ3) is 4.25. The summed E-state index contributed by atoms with van der Waals surface area (Å²) < 4.78 is 28.9. The molecule has 1 aromatic carbocycles. The van der Waals surface area contributed by atoms with Gasteiger partial charge in [0.1, 0.15) is 10.7 Å². The highest BCUT2D eigenvalue weighted by Crippen LogP contribution is 2.43. The lowest BCUT2D eigenvalue weighted by atomic mass is 10.1. The molecule has 3 aromatic rings. The van der Waals surface area contributed by atoms with Crippen molar-refractivity contribution in [3.63, 3.8) is 0 Å². The van der Waals surface area contributed by atoms with E-state index in [4.69, 9.17) is 17.3 Å². The van der Waals surface area contributed by atoms with Gasteiger partial charge in [0, 0.05) is 24.7 Å². The monoisotopic (exact) mass is 563 g/mol. The molecule has 1 aliphatic heterocycles. The molecule has 2 unspecified atom stereocenters. The third-order valence-electron chi connectivity index (χ3n) is 4.98. The van der Waals surface area contributed by atoms with Crippen molar-refractivity contribution < 1.29 is 36.2 Å². The number of thiophene rings is 1. The summed E-state index contributed by atoms with van der Waals surface area (Å²) in [5.41, 5.74) is 7.77. The maximum atomic E-state index is 15.4. The van der Waals surface area contributed by atoms with E-state index in [1.165, 1.54) is 40.9 Å². The van der Waals surface area contributed by atoms with Gasteiger partial charge in [0.05, 0.1) is 28.2 Å². The Hall–Kier alpha value is -1.56. The van der Waals surface area contributed by atoms with E-state index in [1.807, 2.05) is 0 Å². The number of hydrogen-bond acceptors (Lipinski definition) is 4. The van der Waals surface area contributed by atoms with Crippen molar-refractivity contribution in [2.45, 2.75) is 29.1 Å². The Morgan fingerprint density at radius 2 is 2.27 bits per heavy atom. The Morgan fingerprint density at radius 3 is 3.00 bits per heavy atom. The van der Waals surface area contributed by atoms with Gasteiger partial charge in [0.15, 0.2) is 0 Å². The number of aromatic nitrogens is 2. The average Bonchev–Trinajstić information content (AvgIpc) is 3.27. The lowest BCUT2D eigenvalue weighted by molar-refractivity contribution is -0.535. The zero-order valence-electron chi connectivity index (χ0n) is 15.7. The topological polar surface area (TPSA) is 72.9 Å². The molecule has 4 rings (SSSR count). The first-order valence-electron chi connectivity index (χ1n) is 9.29. The summed E-state index contributed by atoms with van der Waals surface area (Å²) in [6.45, 7) is 0.594. The largest absolute Gasteiger partial charge is 0.347 e. The number of carbonyl (C=O) groups excluding carboxylic acids is 1. The van der Waals surface area contributed by atoms with Crippen LogP contribution < -0.4 is 33.6 Å².